The van der Waals surface area contributed by atoms with E-state index in [1.165, 1.54) is 13.3 Å². The summed E-state index contributed by atoms with van der Waals surface area (Å²) < 4.78 is 11.0. The van der Waals surface area contributed by atoms with Gasteiger partial charge < -0.3 is 14.6 Å². The second-order valence-corrected chi connectivity index (χ2v) is 5.87. The highest BCUT2D eigenvalue weighted by atomic mass is 127. The van der Waals surface area contributed by atoms with Crippen LogP contribution in [0.5, 0.6) is 17.2 Å². The molecule has 7 heteroatoms. The van der Waals surface area contributed by atoms with Crippen molar-refractivity contribution in [3.05, 3.63) is 51.1 Å². The summed E-state index contributed by atoms with van der Waals surface area (Å²) in [5, 5.41) is 13.7. The van der Waals surface area contributed by atoms with E-state index in [1.807, 2.05) is 29.5 Å². The number of rotatable bonds is 6. The van der Waals surface area contributed by atoms with Crippen molar-refractivity contribution < 1.29 is 19.4 Å². The number of amides is 1. The number of nitrogens with one attached hydrogen (secondary N) is 1. The fourth-order valence-corrected chi connectivity index (χ4v) is 2.55. The first-order valence-corrected chi connectivity index (χ1v) is 8.25. The number of hydrogen-bond acceptors (Lipinski definition) is 5. The lowest BCUT2D eigenvalue weighted by atomic mass is 10.2. The second kappa shape index (κ2) is 8.53. The van der Waals surface area contributed by atoms with Crippen LogP contribution in [0, 0.1) is 3.57 Å². The summed E-state index contributed by atoms with van der Waals surface area (Å²) >= 11 is 1.99. The molecule has 0 bridgehead atoms. The Morgan fingerprint density at radius 3 is 2.67 bits per heavy atom. The molecule has 2 N–H and O–H groups in total. The van der Waals surface area contributed by atoms with Crippen LogP contribution in [-0.4, -0.2) is 30.9 Å². The molecule has 126 valence electrons. The van der Waals surface area contributed by atoms with Crippen molar-refractivity contribution in [2.45, 2.75) is 6.92 Å². The molecular weight excluding hydrogens is 423 g/mol. The Morgan fingerprint density at radius 1 is 1.33 bits per heavy atom. The van der Waals surface area contributed by atoms with Crippen LogP contribution in [0.2, 0.25) is 0 Å². The maximum absolute atomic E-state index is 12.0. The van der Waals surface area contributed by atoms with Gasteiger partial charge in [0, 0.05) is 5.56 Å². The van der Waals surface area contributed by atoms with Crippen molar-refractivity contribution in [2.24, 2.45) is 5.10 Å². The largest absolute Gasteiger partial charge is 0.504 e. The number of phenols is 1. The molecule has 0 heterocycles. The smallest absolute Gasteiger partial charge is 0.271 e. The molecule has 0 unspecified atom stereocenters. The zero-order valence-corrected chi connectivity index (χ0v) is 15.4. The molecule has 1 amide bonds. The lowest BCUT2D eigenvalue weighted by Gasteiger charge is -2.06. The molecule has 0 aliphatic heterocycles. The average molecular weight is 440 g/mol. The quantitative estimate of drug-likeness (QED) is 0.411. The van der Waals surface area contributed by atoms with Crippen LogP contribution in [0.4, 0.5) is 0 Å². The Kier molecular flexibility index (Phi) is 6.42. The fraction of sp³-hybridized carbons (Fsp3) is 0.176. The molecular formula is C17H17IN2O4. The molecule has 0 aliphatic carbocycles. The summed E-state index contributed by atoms with van der Waals surface area (Å²) in [5.74, 6) is 0.813. The van der Waals surface area contributed by atoms with E-state index in [4.69, 9.17) is 9.47 Å². The molecule has 0 fully saturated rings. The second-order valence-electron chi connectivity index (χ2n) is 4.71. The van der Waals surface area contributed by atoms with E-state index in [0.717, 1.165) is 0 Å². The molecule has 24 heavy (non-hydrogen) atoms. The zero-order valence-electron chi connectivity index (χ0n) is 13.2. The molecule has 2 rings (SSSR count). The van der Waals surface area contributed by atoms with Crippen LogP contribution in [0.1, 0.15) is 22.8 Å². The first kappa shape index (κ1) is 18.1. The Hall–Kier alpha value is -2.29. The molecule has 2 aromatic rings. The number of halogens is 1. The van der Waals surface area contributed by atoms with Crippen molar-refractivity contribution >= 4 is 34.7 Å². The minimum atomic E-state index is -0.324. The minimum absolute atomic E-state index is 0.0775. The number of hydrazone groups is 1. The number of benzene rings is 2. The Balaban J connectivity index is 2.03. The van der Waals surface area contributed by atoms with Gasteiger partial charge in [0.25, 0.3) is 5.91 Å². The molecule has 0 aromatic heterocycles. The van der Waals surface area contributed by atoms with E-state index in [1.54, 1.807) is 36.4 Å². The molecule has 0 aliphatic rings. The number of carbonyl (C=O) groups is 1. The number of aromatic hydroxyl groups is 1. The number of methoxy groups -OCH3 is 1. The fourth-order valence-electron chi connectivity index (χ4n) is 1.92. The predicted molar refractivity (Wildman–Crippen MR) is 100 cm³/mol. The first-order valence-electron chi connectivity index (χ1n) is 7.18. The van der Waals surface area contributed by atoms with Crippen LogP contribution in [0.3, 0.4) is 0 Å². The molecule has 0 atom stereocenters. The standard InChI is InChI=1S/C17H17IN2O4/c1-3-24-13-6-4-12(5-7-13)17(22)20-19-10-11-8-14(18)16(21)15(9-11)23-2/h4-10,21H,3H2,1-2H3,(H,20,22)/b19-10-. The van der Waals surface area contributed by atoms with Gasteiger partial charge in [-0.3, -0.25) is 4.79 Å². The van der Waals surface area contributed by atoms with Crippen molar-refractivity contribution in [1.29, 1.82) is 0 Å². The Labute approximate surface area is 153 Å². The monoisotopic (exact) mass is 440 g/mol. The van der Waals surface area contributed by atoms with Gasteiger partial charge in [-0.2, -0.15) is 5.10 Å². The van der Waals surface area contributed by atoms with Gasteiger partial charge in [0.05, 0.1) is 23.5 Å². The van der Waals surface area contributed by atoms with Crippen LogP contribution < -0.4 is 14.9 Å². The van der Waals surface area contributed by atoms with E-state index < -0.39 is 0 Å². The Morgan fingerprint density at radius 2 is 2.04 bits per heavy atom. The summed E-state index contributed by atoms with van der Waals surface area (Å²) in [4.78, 5) is 12.0. The third-order valence-electron chi connectivity index (χ3n) is 3.08. The molecule has 6 nitrogen and oxygen atoms in total. The highest BCUT2D eigenvalue weighted by Crippen LogP contribution is 2.31. The molecule has 0 spiro atoms. The van der Waals surface area contributed by atoms with Gasteiger partial charge in [0.2, 0.25) is 0 Å². The zero-order chi connectivity index (χ0) is 17.5. The summed E-state index contributed by atoms with van der Waals surface area (Å²) in [5.41, 5.74) is 3.63. The van der Waals surface area contributed by atoms with Crippen molar-refractivity contribution in [3.63, 3.8) is 0 Å². The summed E-state index contributed by atoms with van der Waals surface area (Å²) in [6.45, 7) is 2.47. The summed E-state index contributed by atoms with van der Waals surface area (Å²) in [7, 11) is 1.47. The SMILES string of the molecule is CCOc1ccc(C(=O)N/N=C\c2cc(I)c(O)c(OC)c2)cc1. The van der Waals surface area contributed by atoms with E-state index in [2.05, 4.69) is 10.5 Å². The van der Waals surface area contributed by atoms with Gasteiger partial charge in [-0.05, 0) is 71.5 Å². The number of phenolic OH excluding ortho intramolecular Hbond substituents is 1. The molecule has 0 saturated carbocycles. The maximum atomic E-state index is 12.0. The van der Waals surface area contributed by atoms with Gasteiger partial charge in [-0.25, -0.2) is 5.43 Å². The van der Waals surface area contributed by atoms with Crippen molar-refractivity contribution in [1.82, 2.24) is 5.43 Å². The molecule has 2 aromatic carbocycles. The van der Waals surface area contributed by atoms with Gasteiger partial charge in [0.15, 0.2) is 11.5 Å². The van der Waals surface area contributed by atoms with E-state index >= 15 is 0 Å². The third-order valence-corrected chi connectivity index (χ3v) is 3.90. The topological polar surface area (TPSA) is 80.2 Å². The minimum Gasteiger partial charge on any atom is -0.504 e. The molecule has 0 saturated heterocycles. The average Bonchev–Trinajstić information content (AvgIpc) is 2.58. The van der Waals surface area contributed by atoms with Crippen LogP contribution in [0.15, 0.2) is 41.5 Å². The lowest BCUT2D eigenvalue weighted by Crippen LogP contribution is -2.17. The highest BCUT2D eigenvalue weighted by molar-refractivity contribution is 14.1. The lowest BCUT2D eigenvalue weighted by molar-refractivity contribution is 0.0955. The number of carbonyl (C=O) groups excluding carboxylic acids is 1. The number of ether oxygens (including phenoxy) is 2. The van der Waals surface area contributed by atoms with Crippen molar-refractivity contribution in [3.8, 4) is 17.2 Å². The maximum Gasteiger partial charge on any atom is 0.271 e. The summed E-state index contributed by atoms with van der Waals surface area (Å²) in [6, 6.07) is 10.2. The van der Waals surface area contributed by atoms with Gasteiger partial charge in [-0.15, -0.1) is 0 Å². The van der Waals surface area contributed by atoms with Crippen molar-refractivity contribution in [2.75, 3.05) is 13.7 Å². The first-order chi connectivity index (χ1) is 11.5. The number of hydrogen-bond donors (Lipinski definition) is 2. The normalized spacial score (nSPS) is 10.6. The highest BCUT2D eigenvalue weighted by Gasteiger charge is 2.08. The van der Waals surface area contributed by atoms with E-state index in [0.29, 0.717) is 32.8 Å². The van der Waals surface area contributed by atoms with E-state index in [-0.39, 0.29) is 11.7 Å². The van der Waals surface area contributed by atoms with Gasteiger partial charge in [0.1, 0.15) is 5.75 Å². The van der Waals surface area contributed by atoms with Crippen LogP contribution >= 0.6 is 22.6 Å². The van der Waals surface area contributed by atoms with Gasteiger partial charge >= 0.3 is 0 Å². The van der Waals surface area contributed by atoms with E-state index in [9.17, 15) is 9.90 Å². The number of nitrogens with zero attached hydrogens (tertiary/aromatic N) is 1. The summed E-state index contributed by atoms with van der Waals surface area (Å²) in [6.07, 6.45) is 1.48. The van der Waals surface area contributed by atoms with Crippen LogP contribution in [-0.2, 0) is 0 Å². The van der Waals surface area contributed by atoms with Gasteiger partial charge in [-0.1, -0.05) is 0 Å². The van der Waals surface area contributed by atoms with Crippen LogP contribution in [0.25, 0.3) is 0 Å². The molecule has 0 radical (unpaired) electrons. The Bertz CT molecular complexity index is 745. The predicted octanol–water partition coefficient (Wildman–Crippen LogP) is 3.17. The third kappa shape index (κ3) is 4.60.